The minimum absolute atomic E-state index is 0.227. The second-order valence-electron chi connectivity index (χ2n) is 5.60. The van der Waals surface area contributed by atoms with E-state index >= 15 is 0 Å². The van der Waals surface area contributed by atoms with Crippen molar-refractivity contribution in [2.75, 3.05) is 31.1 Å². The molecule has 1 unspecified atom stereocenters. The average Bonchev–Trinajstić information content (AvgIpc) is 2.39. The number of piperazine rings is 1. The van der Waals surface area contributed by atoms with Crippen molar-refractivity contribution in [3.8, 4) is 0 Å². The van der Waals surface area contributed by atoms with Gasteiger partial charge in [0.1, 0.15) is 6.04 Å². The Morgan fingerprint density at radius 2 is 2.00 bits per heavy atom. The number of carbonyl (C=O) groups excluding carboxylic acids is 1. The molecular formula is C15H23N3O. The Labute approximate surface area is 115 Å². The van der Waals surface area contributed by atoms with Gasteiger partial charge < -0.3 is 10.6 Å². The maximum atomic E-state index is 11.7. The van der Waals surface area contributed by atoms with Gasteiger partial charge in [0.25, 0.3) is 0 Å². The molecule has 0 radical (unpaired) electrons. The monoisotopic (exact) mass is 261 g/mol. The third-order valence-electron chi connectivity index (χ3n) is 3.50. The Kier molecular flexibility index (Phi) is 4.43. The third kappa shape index (κ3) is 3.47. The number of hydrogen-bond acceptors (Lipinski definition) is 3. The minimum Gasteiger partial charge on any atom is -0.368 e. The van der Waals surface area contributed by atoms with Crippen LogP contribution in [0.3, 0.4) is 0 Å². The number of nitrogens with two attached hydrogens (primary N) is 1. The molecule has 0 aliphatic carbocycles. The molecule has 0 bridgehead atoms. The minimum atomic E-state index is -0.239. The molecule has 4 heteroatoms. The molecule has 104 valence electrons. The van der Waals surface area contributed by atoms with Crippen LogP contribution in [0.15, 0.2) is 30.3 Å². The van der Waals surface area contributed by atoms with Crippen LogP contribution in [-0.4, -0.2) is 43.0 Å². The number of amides is 1. The molecule has 0 aromatic heterocycles. The molecule has 1 aliphatic rings. The van der Waals surface area contributed by atoms with Crippen LogP contribution in [-0.2, 0) is 4.79 Å². The summed E-state index contributed by atoms with van der Waals surface area (Å²) in [6, 6.07) is 9.82. The summed E-state index contributed by atoms with van der Waals surface area (Å²) in [4.78, 5) is 16.2. The summed E-state index contributed by atoms with van der Waals surface area (Å²) >= 11 is 0. The fourth-order valence-electron chi connectivity index (χ4n) is 2.69. The van der Waals surface area contributed by atoms with Crippen molar-refractivity contribution in [1.29, 1.82) is 0 Å². The van der Waals surface area contributed by atoms with E-state index in [1.165, 1.54) is 0 Å². The molecule has 0 spiro atoms. The predicted octanol–water partition coefficient (Wildman–Crippen LogP) is 1.32. The Hall–Kier alpha value is -1.55. The smallest absolute Gasteiger partial charge is 0.241 e. The second kappa shape index (κ2) is 6.06. The summed E-state index contributed by atoms with van der Waals surface area (Å²) in [6.45, 7) is 7.97. The number of primary amides is 1. The van der Waals surface area contributed by atoms with Gasteiger partial charge >= 0.3 is 0 Å². The quantitative estimate of drug-likeness (QED) is 0.889. The van der Waals surface area contributed by atoms with Gasteiger partial charge in [-0.3, -0.25) is 9.69 Å². The van der Waals surface area contributed by atoms with Crippen molar-refractivity contribution in [3.63, 3.8) is 0 Å². The summed E-state index contributed by atoms with van der Waals surface area (Å²) in [5.41, 5.74) is 6.66. The Balaban J connectivity index is 2.11. The zero-order valence-electron chi connectivity index (χ0n) is 11.7. The summed E-state index contributed by atoms with van der Waals surface area (Å²) in [7, 11) is 0. The number of rotatable bonds is 4. The highest BCUT2D eigenvalue weighted by atomic mass is 16.1. The molecule has 2 N–H and O–H groups in total. The van der Waals surface area contributed by atoms with Crippen LogP contribution >= 0.6 is 0 Å². The summed E-state index contributed by atoms with van der Waals surface area (Å²) in [5, 5.41) is 0. The highest BCUT2D eigenvalue weighted by Crippen LogP contribution is 2.20. The first-order valence-corrected chi connectivity index (χ1v) is 6.91. The molecule has 1 aromatic carbocycles. The maximum Gasteiger partial charge on any atom is 0.241 e. The molecular weight excluding hydrogens is 238 g/mol. The Morgan fingerprint density at radius 1 is 1.32 bits per heavy atom. The number of hydrogen-bond donors (Lipinski definition) is 1. The zero-order chi connectivity index (χ0) is 13.8. The summed E-state index contributed by atoms with van der Waals surface area (Å²) < 4.78 is 0. The molecule has 0 saturated carbocycles. The van der Waals surface area contributed by atoms with Gasteiger partial charge in [-0.1, -0.05) is 32.0 Å². The molecule has 1 atom stereocenters. The van der Waals surface area contributed by atoms with E-state index in [1.807, 2.05) is 30.3 Å². The van der Waals surface area contributed by atoms with Gasteiger partial charge in [-0.2, -0.15) is 0 Å². The molecule has 1 saturated heterocycles. The largest absolute Gasteiger partial charge is 0.368 e. The van der Waals surface area contributed by atoms with Gasteiger partial charge in [0.05, 0.1) is 0 Å². The van der Waals surface area contributed by atoms with Crippen molar-refractivity contribution in [3.05, 3.63) is 30.3 Å². The number of para-hydroxylation sites is 1. The Bertz CT molecular complexity index is 419. The molecule has 19 heavy (non-hydrogen) atoms. The first-order valence-electron chi connectivity index (χ1n) is 6.91. The van der Waals surface area contributed by atoms with E-state index in [0.29, 0.717) is 5.92 Å². The zero-order valence-corrected chi connectivity index (χ0v) is 11.7. The van der Waals surface area contributed by atoms with E-state index in [2.05, 4.69) is 23.6 Å². The van der Waals surface area contributed by atoms with E-state index in [0.717, 1.165) is 31.9 Å². The van der Waals surface area contributed by atoms with Crippen LogP contribution in [0.5, 0.6) is 0 Å². The molecule has 1 aliphatic heterocycles. The number of anilines is 1. The number of carbonyl (C=O) groups is 1. The highest BCUT2D eigenvalue weighted by Gasteiger charge is 2.31. The molecule has 2 rings (SSSR count). The summed E-state index contributed by atoms with van der Waals surface area (Å²) in [6.07, 6.45) is 0. The van der Waals surface area contributed by atoms with Crippen LogP contribution < -0.4 is 10.6 Å². The number of benzene rings is 1. The molecule has 4 nitrogen and oxygen atoms in total. The first-order chi connectivity index (χ1) is 9.08. The van der Waals surface area contributed by atoms with Crippen LogP contribution in [0.1, 0.15) is 13.8 Å². The molecule has 1 heterocycles. The van der Waals surface area contributed by atoms with Gasteiger partial charge in [-0.05, 0) is 18.1 Å². The summed E-state index contributed by atoms with van der Waals surface area (Å²) in [5.74, 6) is 0.370. The fraction of sp³-hybridized carbons (Fsp3) is 0.533. The van der Waals surface area contributed by atoms with Crippen molar-refractivity contribution >= 4 is 11.6 Å². The van der Waals surface area contributed by atoms with E-state index in [-0.39, 0.29) is 11.9 Å². The van der Waals surface area contributed by atoms with Crippen molar-refractivity contribution in [2.24, 2.45) is 11.7 Å². The van der Waals surface area contributed by atoms with Crippen molar-refractivity contribution in [1.82, 2.24) is 4.90 Å². The first kappa shape index (κ1) is 13.9. The lowest BCUT2D eigenvalue weighted by atomic mass is 10.1. The highest BCUT2D eigenvalue weighted by molar-refractivity contribution is 5.84. The predicted molar refractivity (Wildman–Crippen MR) is 78.0 cm³/mol. The average molecular weight is 261 g/mol. The van der Waals surface area contributed by atoms with E-state index in [9.17, 15) is 4.79 Å². The van der Waals surface area contributed by atoms with Crippen LogP contribution in [0, 0.1) is 5.92 Å². The lowest BCUT2D eigenvalue weighted by Crippen LogP contribution is -2.58. The standard InChI is InChI=1S/C15H23N3O/c1-12(2)10-17-8-9-18(14(11-17)15(16)19)13-6-4-3-5-7-13/h3-7,12,14H,8-11H2,1-2H3,(H2,16,19). The molecule has 1 amide bonds. The van der Waals surface area contributed by atoms with Crippen LogP contribution in [0.25, 0.3) is 0 Å². The normalized spacial score (nSPS) is 20.8. The van der Waals surface area contributed by atoms with E-state index < -0.39 is 0 Å². The molecule has 1 fully saturated rings. The van der Waals surface area contributed by atoms with Gasteiger partial charge in [0, 0.05) is 31.9 Å². The van der Waals surface area contributed by atoms with E-state index in [1.54, 1.807) is 0 Å². The van der Waals surface area contributed by atoms with Gasteiger partial charge in [-0.15, -0.1) is 0 Å². The lowest BCUT2D eigenvalue weighted by Gasteiger charge is -2.41. The van der Waals surface area contributed by atoms with Gasteiger partial charge in [0.15, 0.2) is 0 Å². The Morgan fingerprint density at radius 3 is 2.58 bits per heavy atom. The lowest BCUT2D eigenvalue weighted by molar-refractivity contribution is -0.120. The van der Waals surface area contributed by atoms with Crippen LogP contribution in [0.2, 0.25) is 0 Å². The molecule has 1 aromatic rings. The van der Waals surface area contributed by atoms with Crippen molar-refractivity contribution in [2.45, 2.75) is 19.9 Å². The van der Waals surface area contributed by atoms with Crippen molar-refractivity contribution < 1.29 is 4.79 Å². The third-order valence-corrected chi connectivity index (χ3v) is 3.50. The van der Waals surface area contributed by atoms with Gasteiger partial charge in [0.2, 0.25) is 5.91 Å². The SMILES string of the molecule is CC(C)CN1CCN(c2ccccc2)C(C(N)=O)C1. The van der Waals surface area contributed by atoms with Gasteiger partial charge in [-0.25, -0.2) is 0 Å². The van der Waals surface area contributed by atoms with E-state index in [4.69, 9.17) is 5.73 Å². The topological polar surface area (TPSA) is 49.6 Å². The second-order valence-corrected chi connectivity index (χ2v) is 5.60. The van der Waals surface area contributed by atoms with Crippen LogP contribution in [0.4, 0.5) is 5.69 Å². The number of nitrogens with zero attached hydrogens (tertiary/aromatic N) is 2. The fourth-order valence-corrected chi connectivity index (χ4v) is 2.69. The maximum absolute atomic E-state index is 11.7.